The first-order valence-electron chi connectivity index (χ1n) is 7.08. The molecule has 94 valence electrons. The number of aryl methyl sites for hydroxylation is 1. The molecule has 1 nitrogen and oxygen atoms in total. The van der Waals surface area contributed by atoms with E-state index in [2.05, 4.69) is 31.2 Å². The van der Waals surface area contributed by atoms with Crippen LogP contribution in [0.2, 0.25) is 0 Å². The lowest BCUT2D eigenvalue weighted by Gasteiger charge is -2.23. The van der Waals surface area contributed by atoms with Gasteiger partial charge in [-0.3, -0.25) is 0 Å². The first-order chi connectivity index (χ1) is 8.27. The van der Waals surface area contributed by atoms with Crippen LogP contribution in [0.4, 0.5) is 0 Å². The predicted octanol–water partition coefficient (Wildman–Crippen LogP) is 4.36. The van der Waals surface area contributed by atoms with Crippen LogP contribution in [0.1, 0.15) is 62.1 Å². The van der Waals surface area contributed by atoms with Crippen LogP contribution < -0.4 is 5.73 Å². The second-order valence-electron chi connectivity index (χ2n) is 5.54. The van der Waals surface area contributed by atoms with Crippen molar-refractivity contribution < 1.29 is 0 Å². The summed E-state index contributed by atoms with van der Waals surface area (Å²) >= 11 is 0. The van der Waals surface area contributed by atoms with Gasteiger partial charge in [0.1, 0.15) is 0 Å². The number of hydrogen-bond donors (Lipinski definition) is 1. The topological polar surface area (TPSA) is 26.0 Å². The van der Waals surface area contributed by atoms with E-state index in [9.17, 15) is 0 Å². The summed E-state index contributed by atoms with van der Waals surface area (Å²) in [5.74, 6) is 0.943. The van der Waals surface area contributed by atoms with Crippen LogP contribution in [-0.4, -0.2) is 0 Å². The molecule has 1 heteroatoms. The highest BCUT2D eigenvalue weighted by molar-refractivity contribution is 5.28. The van der Waals surface area contributed by atoms with E-state index in [4.69, 9.17) is 5.73 Å². The molecule has 0 aliphatic heterocycles. The molecule has 17 heavy (non-hydrogen) atoms. The van der Waals surface area contributed by atoms with Crippen LogP contribution >= 0.6 is 0 Å². The lowest BCUT2D eigenvalue weighted by atomic mass is 9.84. The Morgan fingerprint density at radius 2 is 1.88 bits per heavy atom. The van der Waals surface area contributed by atoms with Gasteiger partial charge < -0.3 is 5.73 Å². The lowest BCUT2D eigenvalue weighted by molar-refractivity contribution is 0.324. The second kappa shape index (κ2) is 6.20. The third-order valence-electron chi connectivity index (χ3n) is 4.20. The average molecular weight is 231 g/mol. The second-order valence-corrected chi connectivity index (χ2v) is 5.54. The Labute approximate surface area is 105 Å². The zero-order valence-electron chi connectivity index (χ0n) is 11.0. The number of nitrogens with two attached hydrogens (primary N) is 1. The van der Waals surface area contributed by atoms with E-state index >= 15 is 0 Å². The monoisotopic (exact) mass is 231 g/mol. The molecule has 1 aromatic rings. The van der Waals surface area contributed by atoms with Gasteiger partial charge in [0.25, 0.3) is 0 Å². The standard InChI is InChI=1S/C16H25N/c1-13-7-5-6-10-15(13)16(17)12-11-14-8-3-2-4-9-14/h5-7,10,14,16H,2-4,8-9,11-12,17H2,1H3. The highest BCUT2D eigenvalue weighted by atomic mass is 14.6. The van der Waals surface area contributed by atoms with Crippen molar-refractivity contribution in [3.05, 3.63) is 35.4 Å². The summed E-state index contributed by atoms with van der Waals surface area (Å²) in [5, 5.41) is 0. The molecule has 0 spiro atoms. The normalized spacial score (nSPS) is 19.2. The number of benzene rings is 1. The fourth-order valence-corrected chi connectivity index (χ4v) is 3.05. The van der Waals surface area contributed by atoms with Gasteiger partial charge in [-0.25, -0.2) is 0 Å². The molecule has 0 saturated heterocycles. The van der Waals surface area contributed by atoms with Gasteiger partial charge in [-0.15, -0.1) is 0 Å². The van der Waals surface area contributed by atoms with E-state index in [1.807, 2.05) is 0 Å². The molecule has 1 aliphatic carbocycles. The zero-order chi connectivity index (χ0) is 12.1. The Morgan fingerprint density at radius 3 is 2.59 bits per heavy atom. The van der Waals surface area contributed by atoms with Crippen LogP contribution in [0.15, 0.2) is 24.3 Å². The molecule has 0 heterocycles. The van der Waals surface area contributed by atoms with Gasteiger partial charge >= 0.3 is 0 Å². The van der Waals surface area contributed by atoms with E-state index in [1.165, 1.54) is 49.7 Å². The molecule has 0 radical (unpaired) electrons. The third-order valence-corrected chi connectivity index (χ3v) is 4.20. The Bertz CT molecular complexity index is 339. The van der Waals surface area contributed by atoms with Crippen molar-refractivity contribution >= 4 is 0 Å². The van der Waals surface area contributed by atoms with Gasteiger partial charge in [0.15, 0.2) is 0 Å². The molecule has 1 atom stereocenters. The zero-order valence-corrected chi connectivity index (χ0v) is 11.0. The lowest BCUT2D eigenvalue weighted by Crippen LogP contribution is -2.15. The minimum absolute atomic E-state index is 0.234. The fourth-order valence-electron chi connectivity index (χ4n) is 3.05. The maximum absolute atomic E-state index is 6.31. The van der Waals surface area contributed by atoms with Gasteiger partial charge in [-0.1, -0.05) is 56.4 Å². The first-order valence-corrected chi connectivity index (χ1v) is 7.08. The summed E-state index contributed by atoms with van der Waals surface area (Å²) in [6.45, 7) is 2.16. The fraction of sp³-hybridized carbons (Fsp3) is 0.625. The van der Waals surface area contributed by atoms with Crippen molar-refractivity contribution in [1.29, 1.82) is 0 Å². The molecule has 1 unspecified atom stereocenters. The summed E-state index contributed by atoms with van der Waals surface area (Å²) in [6.07, 6.45) is 9.64. The van der Waals surface area contributed by atoms with Crippen molar-refractivity contribution in [3.63, 3.8) is 0 Å². The largest absolute Gasteiger partial charge is 0.324 e. The molecule has 1 saturated carbocycles. The van der Waals surface area contributed by atoms with Gasteiger partial charge in [0.2, 0.25) is 0 Å². The minimum atomic E-state index is 0.234. The van der Waals surface area contributed by atoms with Crippen LogP contribution in [0.5, 0.6) is 0 Å². The molecule has 1 aliphatic rings. The average Bonchev–Trinajstić information content (AvgIpc) is 2.38. The SMILES string of the molecule is Cc1ccccc1C(N)CCC1CCCCC1. The van der Waals surface area contributed by atoms with Crippen LogP contribution in [0.25, 0.3) is 0 Å². The number of rotatable bonds is 4. The molecule has 0 bridgehead atoms. The number of hydrogen-bond acceptors (Lipinski definition) is 1. The van der Waals surface area contributed by atoms with Crippen LogP contribution in [-0.2, 0) is 0 Å². The molecule has 0 amide bonds. The van der Waals surface area contributed by atoms with Crippen molar-refractivity contribution in [2.45, 2.75) is 57.9 Å². The maximum Gasteiger partial charge on any atom is 0.0297 e. The van der Waals surface area contributed by atoms with Crippen molar-refractivity contribution in [3.8, 4) is 0 Å². The van der Waals surface area contributed by atoms with Crippen molar-refractivity contribution in [2.75, 3.05) is 0 Å². The highest BCUT2D eigenvalue weighted by Gasteiger charge is 2.15. The van der Waals surface area contributed by atoms with Crippen molar-refractivity contribution in [2.24, 2.45) is 11.7 Å². The smallest absolute Gasteiger partial charge is 0.0297 e. The van der Waals surface area contributed by atoms with Gasteiger partial charge in [-0.05, 0) is 36.8 Å². The van der Waals surface area contributed by atoms with E-state index in [0.29, 0.717) is 0 Å². The highest BCUT2D eigenvalue weighted by Crippen LogP contribution is 2.30. The van der Waals surface area contributed by atoms with E-state index in [0.717, 1.165) is 12.3 Å². The summed E-state index contributed by atoms with van der Waals surface area (Å²) in [6, 6.07) is 8.77. The van der Waals surface area contributed by atoms with Crippen molar-refractivity contribution in [1.82, 2.24) is 0 Å². The predicted molar refractivity (Wildman–Crippen MR) is 73.9 cm³/mol. The van der Waals surface area contributed by atoms with E-state index in [1.54, 1.807) is 0 Å². The van der Waals surface area contributed by atoms with E-state index in [-0.39, 0.29) is 6.04 Å². The molecule has 0 aromatic heterocycles. The Morgan fingerprint density at radius 1 is 1.18 bits per heavy atom. The molecular weight excluding hydrogens is 206 g/mol. The van der Waals surface area contributed by atoms with Gasteiger partial charge in [0, 0.05) is 6.04 Å². The van der Waals surface area contributed by atoms with E-state index < -0.39 is 0 Å². The molecule has 1 fully saturated rings. The van der Waals surface area contributed by atoms with Gasteiger partial charge in [0.05, 0.1) is 0 Å². The summed E-state index contributed by atoms with van der Waals surface area (Å²) in [5.41, 5.74) is 8.99. The Hall–Kier alpha value is -0.820. The van der Waals surface area contributed by atoms with Gasteiger partial charge in [-0.2, -0.15) is 0 Å². The first kappa shape index (κ1) is 12.6. The summed E-state index contributed by atoms with van der Waals surface area (Å²) < 4.78 is 0. The maximum atomic E-state index is 6.31. The molecule has 2 N–H and O–H groups in total. The summed E-state index contributed by atoms with van der Waals surface area (Å²) in [4.78, 5) is 0. The Balaban J connectivity index is 1.84. The molecule has 1 aromatic carbocycles. The summed E-state index contributed by atoms with van der Waals surface area (Å²) in [7, 11) is 0. The van der Waals surface area contributed by atoms with Crippen LogP contribution in [0.3, 0.4) is 0 Å². The quantitative estimate of drug-likeness (QED) is 0.819. The van der Waals surface area contributed by atoms with Crippen LogP contribution in [0, 0.1) is 12.8 Å². The molecule has 2 rings (SSSR count). The third kappa shape index (κ3) is 3.57. The Kier molecular flexibility index (Phi) is 4.61. The molecular formula is C16H25N. The minimum Gasteiger partial charge on any atom is -0.324 e.